The van der Waals surface area contributed by atoms with Crippen LogP contribution in [-0.2, 0) is 14.8 Å². The predicted octanol–water partition coefficient (Wildman–Crippen LogP) is 4.58. The molecule has 1 fully saturated rings. The summed E-state index contributed by atoms with van der Waals surface area (Å²) in [6.07, 6.45) is 5.17. The van der Waals surface area contributed by atoms with E-state index >= 15 is 0 Å². The van der Waals surface area contributed by atoms with E-state index in [-0.39, 0.29) is 46.1 Å². The smallest absolute Gasteiger partial charge is 0.248 e. The van der Waals surface area contributed by atoms with Crippen LogP contribution in [0.25, 0.3) is 12.2 Å². The Morgan fingerprint density at radius 3 is 2.70 bits per heavy atom. The lowest BCUT2D eigenvalue weighted by atomic mass is 9.97. The van der Waals surface area contributed by atoms with Crippen LogP contribution in [0.2, 0.25) is 5.02 Å². The van der Waals surface area contributed by atoms with Crippen molar-refractivity contribution in [3.8, 4) is 0 Å². The topological polar surface area (TPSA) is 106 Å². The summed E-state index contributed by atoms with van der Waals surface area (Å²) in [7, 11) is -3.90. The van der Waals surface area contributed by atoms with E-state index in [1.54, 1.807) is 25.1 Å². The third kappa shape index (κ3) is 5.02. The average molecular weight is 494 g/mol. The van der Waals surface area contributed by atoms with Crippen molar-refractivity contribution < 1.29 is 26.5 Å². The molecule has 3 aromatic rings. The fraction of sp³-hybridized carbons (Fsp3) is 0.273. The third-order valence-electron chi connectivity index (χ3n) is 5.39. The molecule has 1 N–H and O–H groups in total. The van der Waals surface area contributed by atoms with Crippen molar-refractivity contribution in [1.29, 1.82) is 0 Å². The normalized spacial score (nSPS) is 15.8. The summed E-state index contributed by atoms with van der Waals surface area (Å²) in [5, 5.41) is 6.59. The second kappa shape index (κ2) is 9.50. The summed E-state index contributed by atoms with van der Waals surface area (Å²) in [5.74, 6) is -0.808. The Bertz CT molecular complexity index is 1280. The number of sulfonamides is 1. The van der Waals surface area contributed by atoms with Crippen LogP contribution < -0.4 is 5.32 Å². The quantitative estimate of drug-likeness (QED) is 0.539. The molecule has 0 unspecified atom stereocenters. The zero-order valence-electron chi connectivity index (χ0n) is 17.6. The van der Waals surface area contributed by atoms with Crippen molar-refractivity contribution in [3.05, 3.63) is 64.6 Å². The standard InChI is InChI=1S/C22H21ClFN3O5S/c1-14-21(20(32-26-14)7-5-17-3-2-12-31-17)33(29,30)27-10-8-15(9-11-27)22(28)25-19-6-4-16(23)13-18(19)24/h2-7,12-13,15H,8-11H2,1H3,(H,25,28)/b7-5+. The van der Waals surface area contributed by atoms with Crippen LogP contribution in [-0.4, -0.2) is 36.9 Å². The minimum atomic E-state index is -3.90. The van der Waals surface area contributed by atoms with Gasteiger partial charge in [-0.3, -0.25) is 4.79 Å². The summed E-state index contributed by atoms with van der Waals surface area (Å²) in [6, 6.07) is 7.42. The van der Waals surface area contributed by atoms with E-state index in [0.29, 0.717) is 18.6 Å². The van der Waals surface area contributed by atoms with Crippen LogP contribution in [0.3, 0.4) is 0 Å². The first-order valence-corrected chi connectivity index (χ1v) is 12.0. The van der Waals surface area contributed by atoms with Gasteiger partial charge in [-0.05, 0) is 62.2 Å². The van der Waals surface area contributed by atoms with Gasteiger partial charge in [-0.2, -0.15) is 4.31 Å². The van der Waals surface area contributed by atoms with Crippen LogP contribution >= 0.6 is 11.6 Å². The number of hydrogen-bond donors (Lipinski definition) is 1. The van der Waals surface area contributed by atoms with E-state index in [0.717, 1.165) is 6.07 Å². The lowest BCUT2D eigenvalue weighted by Crippen LogP contribution is -2.41. The second-order valence-corrected chi connectivity index (χ2v) is 9.91. The molecule has 1 aromatic carbocycles. The van der Waals surface area contributed by atoms with Crippen LogP contribution in [0, 0.1) is 18.7 Å². The summed E-state index contributed by atoms with van der Waals surface area (Å²) >= 11 is 5.74. The molecule has 1 saturated heterocycles. The highest BCUT2D eigenvalue weighted by atomic mass is 35.5. The van der Waals surface area contributed by atoms with Crippen LogP contribution in [0.1, 0.15) is 30.1 Å². The van der Waals surface area contributed by atoms with Gasteiger partial charge in [0.05, 0.1) is 12.0 Å². The maximum atomic E-state index is 14.0. The molecule has 174 valence electrons. The lowest BCUT2D eigenvalue weighted by Gasteiger charge is -2.30. The molecular weight excluding hydrogens is 473 g/mol. The minimum Gasteiger partial charge on any atom is -0.465 e. The van der Waals surface area contributed by atoms with Gasteiger partial charge >= 0.3 is 0 Å². The van der Waals surface area contributed by atoms with Gasteiger partial charge in [-0.25, -0.2) is 12.8 Å². The largest absolute Gasteiger partial charge is 0.465 e. The van der Waals surface area contributed by atoms with E-state index in [4.69, 9.17) is 20.5 Å². The number of aryl methyl sites for hydroxylation is 1. The molecule has 11 heteroatoms. The zero-order valence-corrected chi connectivity index (χ0v) is 19.2. The number of anilines is 1. The Hall–Kier alpha value is -2.95. The number of benzene rings is 1. The highest BCUT2D eigenvalue weighted by Crippen LogP contribution is 2.30. The van der Waals surface area contributed by atoms with E-state index in [2.05, 4.69) is 10.5 Å². The Morgan fingerprint density at radius 1 is 1.27 bits per heavy atom. The molecule has 0 saturated carbocycles. The number of amides is 1. The number of carbonyl (C=O) groups excluding carboxylic acids is 1. The second-order valence-electron chi connectivity index (χ2n) is 7.60. The van der Waals surface area contributed by atoms with Crippen LogP contribution in [0.4, 0.5) is 10.1 Å². The maximum absolute atomic E-state index is 14.0. The lowest BCUT2D eigenvalue weighted by molar-refractivity contribution is -0.120. The molecule has 0 radical (unpaired) electrons. The number of aromatic nitrogens is 1. The molecule has 3 heterocycles. The van der Waals surface area contributed by atoms with Crippen molar-refractivity contribution in [1.82, 2.24) is 9.46 Å². The van der Waals surface area contributed by atoms with Crippen molar-refractivity contribution in [3.63, 3.8) is 0 Å². The molecule has 33 heavy (non-hydrogen) atoms. The first kappa shape index (κ1) is 23.2. The summed E-state index contributed by atoms with van der Waals surface area (Å²) in [6.45, 7) is 1.83. The number of furan rings is 1. The van der Waals surface area contributed by atoms with E-state index in [1.165, 1.54) is 28.8 Å². The Kier molecular flexibility index (Phi) is 6.68. The van der Waals surface area contributed by atoms with Crippen LogP contribution in [0.15, 0.2) is 50.4 Å². The summed E-state index contributed by atoms with van der Waals surface area (Å²) in [5.41, 5.74) is 0.278. The first-order chi connectivity index (χ1) is 15.8. The van der Waals surface area contributed by atoms with Gasteiger partial charge in [-0.15, -0.1) is 0 Å². The van der Waals surface area contributed by atoms with Crippen molar-refractivity contribution in [2.75, 3.05) is 18.4 Å². The van der Waals surface area contributed by atoms with Gasteiger partial charge in [0.1, 0.15) is 17.3 Å². The average Bonchev–Trinajstić information content (AvgIpc) is 3.44. The molecule has 2 aromatic heterocycles. The van der Waals surface area contributed by atoms with Gasteiger partial charge in [0.2, 0.25) is 15.9 Å². The number of carbonyl (C=O) groups is 1. The number of rotatable bonds is 6. The number of nitrogens with zero attached hydrogens (tertiary/aromatic N) is 2. The van der Waals surface area contributed by atoms with Crippen molar-refractivity contribution >= 4 is 45.4 Å². The summed E-state index contributed by atoms with van der Waals surface area (Å²) in [4.78, 5) is 12.6. The number of hydrogen-bond acceptors (Lipinski definition) is 6. The van der Waals surface area contributed by atoms with Gasteiger partial charge < -0.3 is 14.3 Å². The molecule has 4 rings (SSSR count). The monoisotopic (exact) mass is 493 g/mol. The maximum Gasteiger partial charge on any atom is 0.248 e. The van der Waals surface area contributed by atoms with Gasteiger partial charge in [0.25, 0.3) is 0 Å². The molecule has 0 aliphatic carbocycles. The van der Waals surface area contributed by atoms with Gasteiger partial charge in [-0.1, -0.05) is 16.8 Å². The molecule has 1 aliphatic heterocycles. The predicted molar refractivity (Wildman–Crippen MR) is 120 cm³/mol. The van der Waals surface area contributed by atoms with Crippen LogP contribution in [0.5, 0.6) is 0 Å². The number of nitrogens with one attached hydrogen (secondary N) is 1. The highest BCUT2D eigenvalue weighted by molar-refractivity contribution is 7.89. The number of piperidine rings is 1. The van der Waals surface area contributed by atoms with Crippen molar-refractivity contribution in [2.45, 2.75) is 24.7 Å². The summed E-state index contributed by atoms with van der Waals surface area (Å²) < 4.78 is 52.3. The number of halogens is 2. The molecule has 8 nitrogen and oxygen atoms in total. The van der Waals surface area contributed by atoms with Gasteiger partial charge in [0.15, 0.2) is 10.7 Å². The van der Waals surface area contributed by atoms with E-state index in [1.807, 2.05) is 0 Å². The minimum absolute atomic E-state index is 0.0172. The molecule has 0 spiro atoms. The SMILES string of the molecule is Cc1noc(/C=C/c2ccco2)c1S(=O)(=O)N1CCC(C(=O)Nc2ccc(Cl)cc2F)CC1. The molecule has 1 aliphatic rings. The molecule has 0 bridgehead atoms. The third-order valence-corrected chi connectivity index (χ3v) is 7.68. The highest BCUT2D eigenvalue weighted by Gasteiger charge is 2.36. The molecule has 1 amide bonds. The Labute approximate surface area is 195 Å². The molecule has 0 atom stereocenters. The Balaban J connectivity index is 1.44. The fourth-order valence-corrected chi connectivity index (χ4v) is 5.53. The first-order valence-electron chi connectivity index (χ1n) is 10.2. The zero-order chi connectivity index (χ0) is 23.6. The van der Waals surface area contributed by atoms with E-state index in [9.17, 15) is 17.6 Å². The van der Waals surface area contributed by atoms with Gasteiger partial charge in [0, 0.05) is 24.0 Å². The van der Waals surface area contributed by atoms with E-state index < -0.39 is 21.8 Å². The Morgan fingerprint density at radius 2 is 2.03 bits per heavy atom. The fourth-order valence-electron chi connectivity index (χ4n) is 3.66. The van der Waals surface area contributed by atoms with Crippen molar-refractivity contribution in [2.24, 2.45) is 5.92 Å². The molecular formula is C22H21ClFN3O5S.